The van der Waals surface area contributed by atoms with Crippen LogP contribution in [0.5, 0.6) is 0 Å². The summed E-state index contributed by atoms with van der Waals surface area (Å²) < 4.78 is 2.37. The first-order valence-electron chi connectivity index (χ1n) is 14.4. The van der Waals surface area contributed by atoms with Crippen molar-refractivity contribution >= 4 is 16.9 Å². The number of unbranched alkanes of at least 4 members (excludes halogenated alkanes) is 2. The van der Waals surface area contributed by atoms with E-state index in [-0.39, 0.29) is 0 Å². The second kappa shape index (κ2) is 11.4. The zero-order chi connectivity index (χ0) is 27.5. The molecule has 3 aromatic carbocycles. The van der Waals surface area contributed by atoms with Crippen LogP contribution in [-0.4, -0.2) is 60.5 Å². The fourth-order valence-electron chi connectivity index (χ4n) is 5.71. The van der Waals surface area contributed by atoms with E-state index in [1.54, 1.807) is 0 Å². The minimum absolute atomic E-state index is 0.590. The average Bonchev–Trinajstić information content (AvgIpc) is 3.75. The Bertz CT molecular complexity index is 1650. The maximum Gasteiger partial charge on any atom is 0.205 e. The van der Waals surface area contributed by atoms with Crippen LogP contribution in [0.1, 0.15) is 56.5 Å². The van der Waals surface area contributed by atoms with Gasteiger partial charge in [-0.3, -0.25) is 9.56 Å². The van der Waals surface area contributed by atoms with Gasteiger partial charge >= 0.3 is 0 Å². The molecule has 40 heavy (non-hydrogen) atoms. The number of aromatic nitrogens is 6. The Morgan fingerprint density at radius 3 is 2.52 bits per heavy atom. The van der Waals surface area contributed by atoms with E-state index in [0.717, 1.165) is 84.0 Å². The summed E-state index contributed by atoms with van der Waals surface area (Å²) in [6.07, 6.45) is 5.49. The molecule has 1 aliphatic heterocycles. The van der Waals surface area contributed by atoms with Gasteiger partial charge in [0.1, 0.15) is 11.7 Å². The summed E-state index contributed by atoms with van der Waals surface area (Å²) in [4.78, 5) is 12.5. The molecule has 0 amide bonds. The molecule has 1 N–H and O–H groups in total. The van der Waals surface area contributed by atoms with Gasteiger partial charge in [-0.05, 0) is 65.9 Å². The summed E-state index contributed by atoms with van der Waals surface area (Å²) in [5, 5.41) is 14.9. The van der Waals surface area contributed by atoms with Gasteiger partial charge in [-0.2, -0.15) is 5.21 Å². The highest BCUT2D eigenvalue weighted by Gasteiger charge is 2.22. The summed E-state index contributed by atoms with van der Waals surface area (Å²) in [7, 11) is 0. The number of fused-ring (bicyclic) bond motifs is 1. The Labute approximate surface area is 235 Å². The quantitative estimate of drug-likeness (QED) is 0.225. The molecule has 0 spiro atoms. The van der Waals surface area contributed by atoms with Crippen LogP contribution in [0.25, 0.3) is 39.2 Å². The molecule has 0 fully saturated rings. The minimum Gasteiger partial charge on any atom is -0.355 e. The second-order valence-corrected chi connectivity index (χ2v) is 10.4. The van der Waals surface area contributed by atoms with Crippen LogP contribution in [0.2, 0.25) is 0 Å². The first-order valence-corrected chi connectivity index (χ1v) is 14.4. The number of H-pyrrole nitrogens is 1. The van der Waals surface area contributed by atoms with Crippen LogP contribution in [-0.2, 0) is 6.42 Å². The average molecular weight is 533 g/mol. The van der Waals surface area contributed by atoms with Crippen LogP contribution < -0.4 is 0 Å². The molecule has 8 nitrogen and oxygen atoms in total. The number of nitrogens with one attached hydrogen (secondary N) is 1. The van der Waals surface area contributed by atoms with Gasteiger partial charge in [0.2, 0.25) is 5.82 Å². The number of aliphatic imine (C=N–C) groups is 1. The van der Waals surface area contributed by atoms with E-state index in [4.69, 9.17) is 9.98 Å². The molecule has 0 atom stereocenters. The zero-order valence-electron chi connectivity index (χ0n) is 23.6. The molecule has 0 aliphatic carbocycles. The number of hydrogen-bond acceptors (Lipinski definition) is 6. The SMILES string of the molecule is CCCCc1nc2ccc(C3=NCCN3CCCC)cc2n1-c1cccc(-c2ccccc2-c2nn[nH]n2)c1C. The van der Waals surface area contributed by atoms with Gasteiger partial charge in [0.25, 0.3) is 0 Å². The second-order valence-electron chi connectivity index (χ2n) is 10.4. The van der Waals surface area contributed by atoms with Crippen LogP contribution in [0, 0.1) is 6.92 Å². The number of hydrogen-bond donors (Lipinski definition) is 1. The number of benzene rings is 3. The first kappa shape index (κ1) is 25.9. The molecular weight excluding hydrogens is 496 g/mol. The van der Waals surface area contributed by atoms with Crippen LogP contribution >= 0.6 is 0 Å². The fraction of sp³-hybridized carbons (Fsp3) is 0.344. The molecule has 0 unspecified atom stereocenters. The first-order chi connectivity index (χ1) is 19.7. The third kappa shape index (κ3) is 4.78. The zero-order valence-corrected chi connectivity index (χ0v) is 23.6. The van der Waals surface area contributed by atoms with Crippen molar-refractivity contribution in [2.75, 3.05) is 19.6 Å². The molecular formula is C32H36N8. The summed E-state index contributed by atoms with van der Waals surface area (Å²) in [6.45, 7) is 9.58. The van der Waals surface area contributed by atoms with Crippen molar-refractivity contribution in [3.8, 4) is 28.2 Å². The van der Waals surface area contributed by atoms with E-state index in [2.05, 4.69) is 99.4 Å². The maximum absolute atomic E-state index is 5.14. The van der Waals surface area contributed by atoms with Crippen molar-refractivity contribution in [2.45, 2.75) is 52.9 Å². The molecule has 6 rings (SSSR count). The van der Waals surface area contributed by atoms with E-state index in [0.29, 0.717) is 5.82 Å². The summed E-state index contributed by atoms with van der Waals surface area (Å²) in [5.41, 5.74) is 8.81. The van der Waals surface area contributed by atoms with Crippen molar-refractivity contribution in [1.29, 1.82) is 0 Å². The van der Waals surface area contributed by atoms with Crippen molar-refractivity contribution < 1.29 is 0 Å². The standard InChI is InChI=1S/C32H36N8/c1-4-6-15-30-34-27-17-16-23(32-33-18-20-39(32)19-7-5-2)21-29(27)40(30)28-14-10-13-24(22(28)3)25-11-8-9-12-26(25)31-35-37-38-36-31/h8-14,16-17,21H,4-7,15,18-20H2,1-3H3,(H,35,36,37,38). The Kier molecular flexibility index (Phi) is 7.40. The van der Waals surface area contributed by atoms with Gasteiger partial charge in [-0.25, -0.2) is 4.98 Å². The Balaban J connectivity index is 1.50. The van der Waals surface area contributed by atoms with E-state index in [1.165, 1.54) is 24.0 Å². The highest BCUT2D eigenvalue weighted by molar-refractivity contribution is 6.02. The summed E-state index contributed by atoms with van der Waals surface area (Å²) in [6, 6.07) is 21.4. The van der Waals surface area contributed by atoms with Crippen molar-refractivity contribution in [2.24, 2.45) is 4.99 Å². The molecule has 8 heteroatoms. The Morgan fingerprint density at radius 1 is 0.900 bits per heavy atom. The molecule has 0 saturated heterocycles. The summed E-state index contributed by atoms with van der Waals surface area (Å²) >= 11 is 0. The van der Waals surface area contributed by atoms with Crippen molar-refractivity contribution in [3.05, 3.63) is 77.6 Å². The van der Waals surface area contributed by atoms with Crippen molar-refractivity contribution in [1.82, 2.24) is 35.1 Å². The maximum atomic E-state index is 5.14. The number of tetrazole rings is 1. The predicted molar refractivity (Wildman–Crippen MR) is 161 cm³/mol. The fourth-order valence-corrected chi connectivity index (χ4v) is 5.71. The normalized spacial score (nSPS) is 13.4. The lowest BCUT2D eigenvalue weighted by atomic mass is 9.94. The molecule has 2 aromatic heterocycles. The summed E-state index contributed by atoms with van der Waals surface area (Å²) in [5.74, 6) is 2.79. The van der Waals surface area contributed by atoms with Gasteiger partial charge in [0.05, 0.1) is 23.3 Å². The number of rotatable bonds is 10. The molecule has 5 aromatic rings. The Hall–Kier alpha value is -4.33. The third-order valence-electron chi connectivity index (χ3n) is 7.80. The van der Waals surface area contributed by atoms with Gasteiger partial charge in [-0.1, -0.05) is 63.1 Å². The van der Waals surface area contributed by atoms with Crippen LogP contribution in [0.15, 0.2) is 65.7 Å². The van der Waals surface area contributed by atoms with E-state index >= 15 is 0 Å². The number of imidazole rings is 1. The lowest BCUT2D eigenvalue weighted by Crippen LogP contribution is -2.29. The highest BCUT2D eigenvalue weighted by Crippen LogP contribution is 2.36. The van der Waals surface area contributed by atoms with Gasteiger partial charge in [-0.15, -0.1) is 10.2 Å². The van der Waals surface area contributed by atoms with Crippen LogP contribution in [0.3, 0.4) is 0 Å². The number of amidine groups is 1. The monoisotopic (exact) mass is 532 g/mol. The number of aromatic amines is 1. The lowest BCUT2D eigenvalue weighted by molar-refractivity contribution is 0.443. The molecule has 1 aliphatic rings. The van der Waals surface area contributed by atoms with Gasteiger partial charge in [0, 0.05) is 30.6 Å². The molecule has 0 saturated carbocycles. The number of nitrogens with zero attached hydrogens (tertiary/aromatic N) is 7. The molecule has 3 heterocycles. The van der Waals surface area contributed by atoms with Crippen molar-refractivity contribution in [3.63, 3.8) is 0 Å². The van der Waals surface area contributed by atoms with Gasteiger partial charge in [0.15, 0.2) is 0 Å². The molecule has 204 valence electrons. The van der Waals surface area contributed by atoms with E-state index in [1.807, 2.05) is 12.1 Å². The molecule has 0 bridgehead atoms. The third-order valence-corrected chi connectivity index (χ3v) is 7.80. The predicted octanol–water partition coefficient (Wildman–Crippen LogP) is 6.39. The smallest absolute Gasteiger partial charge is 0.205 e. The minimum atomic E-state index is 0.590. The van der Waals surface area contributed by atoms with Crippen LogP contribution in [0.4, 0.5) is 0 Å². The Morgan fingerprint density at radius 2 is 1.73 bits per heavy atom. The molecule has 0 radical (unpaired) electrons. The van der Waals surface area contributed by atoms with E-state index < -0.39 is 0 Å². The highest BCUT2D eigenvalue weighted by atomic mass is 15.5. The largest absolute Gasteiger partial charge is 0.355 e. The topological polar surface area (TPSA) is 87.9 Å². The van der Waals surface area contributed by atoms with E-state index in [9.17, 15) is 0 Å². The number of aryl methyl sites for hydroxylation is 1. The lowest BCUT2D eigenvalue weighted by Gasteiger charge is -2.20. The van der Waals surface area contributed by atoms with Gasteiger partial charge < -0.3 is 4.90 Å².